The predicted octanol–water partition coefficient (Wildman–Crippen LogP) is 4.81. The van der Waals surface area contributed by atoms with Crippen LogP contribution in [-0.2, 0) is 11.2 Å². The Hall–Kier alpha value is -2.58. The predicted molar refractivity (Wildman–Crippen MR) is 115 cm³/mol. The van der Waals surface area contributed by atoms with Crippen LogP contribution < -0.4 is 0 Å². The summed E-state index contributed by atoms with van der Waals surface area (Å²) >= 11 is 6.03. The van der Waals surface area contributed by atoms with E-state index < -0.39 is 17.9 Å². The number of aliphatic hydroxyl groups is 1. The topological polar surface area (TPSA) is 69.2 Å². The van der Waals surface area contributed by atoms with Crippen LogP contribution in [-0.4, -0.2) is 45.1 Å². The van der Waals surface area contributed by atoms with Gasteiger partial charge in [-0.25, -0.2) is 13.2 Å². The van der Waals surface area contributed by atoms with Crippen LogP contribution >= 0.6 is 11.6 Å². The van der Waals surface area contributed by atoms with Crippen molar-refractivity contribution in [3.8, 4) is 0 Å². The van der Waals surface area contributed by atoms with Crippen molar-refractivity contribution in [1.29, 1.82) is 0 Å². The first kappa shape index (κ1) is 22.6. The number of amides is 1. The van der Waals surface area contributed by atoms with E-state index in [2.05, 4.69) is 10.2 Å². The van der Waals surface area contributed by atoms with Crippen molar-refractivity contribution in [3.63, 3.8) is 0 Å². The third kappa shape index (κ3) is 4.34. The molecule has 3 aromatic rings. The highest BCUT2D eigenvalue weighted by molar-refractivity contribution is 6.31. The van der Waals surface area contributed by atoms with Gasteiger partial charge in [0.25, 0.3) is 5.92 Å². The van der Waals surface area contributed by atoms with E-state index in [-0.39, 0.29) is 54.7 Å². The number of nitrogens with zero attached hydrogens (tertiary/aromatic N) is 2. The van der Waals surface area contributed by atoms with Gasteiger partial charge < -0.3 is 10.0 Å². The van der Waals surface area contributed by atoms with Gasteiger partial charge in [-0.1, -0.05) is 23.7 Å². The minimum atomic E-state index is -3.42. The van der Waals surface area contributed by atoms with Crippen LogP contribution in [0.5, 0.6) is 0 Å². The summed E-state index contributed by atoms with van der Waals surface area (Å²) in [6.45, 7) is 1.94. The molecule has 1 unspecified atom stereocenters. The first-order valence-electron chi connectivity index (χ1n) is 10.4. The van der Waals surface area contributed by atoms with E-state index >= 15 is 8.78 Å². The second kappa shape index (κ2) is 8.75. The Labute approximate surface area is 188 Å². The Morgan fingerprint density at radius 1 is 1.31 bits per heavy atom. The zero-order valence-electron chi connectivity index (χ0n) is 17.4. The van der Waals surface area contributed by atoms with E-state index in [0.29, 0.717) is 22.0 Å². The average molecular weight is 466 g/mol. The Bertz CT molecular complexity index is 1140. The zero-order chi connectivity index (χ0) is 23.0. The standard InChI is InChI=1S/C23H23ClF3N3O2/c1-13-2-3-14(8-19(13)25)9-20(31)30-6-4-16(5-7-30)23(26,27)22(32)18-11-17(24)10-15-12-28-29-21(15)18/h2-3,8,10-12,16,22,32H,4-7,9H2,1H3,(H,28,29). The molecule has 32 heavy (non-hydrogen) atoms. The van der Waals surface area contributed by atoms with Crippen LogP contribution in [0, 0.1) is 18.7 Å². The zero-order valence-corrected chi connectivity index (χ0v) is 18.2. The minimum Gasteiger partial charge on any atom is -0.382 e. The normalized spacial score (nSPS) is 16.5. The molecule has 1 aliphatic rings. The number of likely N-dealkylation sites (tertiary alicyclic amines) is 1. The first-order valence-corrected chi connectivity index (χ1v) is 10.8. The lowest BCUT2D eigenvalue weighted by Crippen LogP contribution is -2.45. The molecule has 0 spiro atoms. The van der Waals surface area contributed by atoms with Crippen molar-refractivity contribution in [2.75, 3.05) is 13.1 Å². The van der Waals surface area contributed by atoms with Crippen molar-refractivity contribution in [3.05, 3.63) is 64.1 Å². The van der Waals surface area contributed by atoms with Crippen LogP contribution in [0.4, 0.5) is 13.2 Å². The summed E-state index contributed by atoms with van der Waals surface area (Å²) < 4.78 is 44.2. The molecule has 5 nitrogen and oxygen atoms in total. The molecule has 0 bridgehead atoms. The lowest BCUT2D eigenvalue weighted by atomic mass is 9.84. The summed E-state index contributed by atoms with van der Waals surface area (Å²) in [4.78, 5) is 14.1. The first-order chi connectivity index (χ1) is 15.2. The number of halogens is 4. The Morgan fingerprint density at radius 3 is 2.72 bits per heavy atom. The number of aromatic amines is 1. The number of aryl methyl sites for hydroxylation is 1. The van der Waals surface area contributed by atoms with Crippen molar-refractivity contribution in [2.45, 2.75) is 38.2 Å². The summed E-state index contributed by atoms with van der Waals surface area (Å²) in [5.41, 5.74) is 1.36. The molecule has 4 rings (SSSR count). The summed E-state index contributed by atoms with van der Waals surface area (Å²) in [7, 11) is 0. The van der Waals surface area contributed by atoms with Gasteiger partial charge in [-0.15, -0.1) is 0 Å². The van der Waals surface area contributed by atoms with Gasteiger partial charge in [0.05, 0.1) is 18.1 Å². The molecule has 2 aromatic carbocycles. The fourth-order valence-corrected chi connectivity index (χ4v) is 4.47. The molecule has 1 atom stereocenters. The maximum Gasteiger partial charge on any atom is 0.280 e. The van der Waals surface area contributed by atoms with Gasteiger partial charge in [0.1, 0.15) is 11.9 Å². The number of piperidine rings is 1. The molecule has 2 heterocycles. The molecule has 1 aliphatic heterocycles. The SMILES string of the molecule is Cc1ccc(CC(=O)N2CCC(C(F)(F)C(O)c3cc(Cl)cc4cn[nH]c34)CC2)cc1F. The number of hydrogen-bond donors (Lipinski definition) is 2. The van der Waals surface area contributed by atoms with Gasteiger partial charge in [-0.2, -0.15) is 5.10 Å². The second-order valence-corrected chi connectivity index (χ2v) is 8.76. The molecular weight excluding hydrogens is 443 g/mol. The molecule has 1 amide bonds. The van der Waals surface area contributed by atoms with E-state index in [1.807, 2.05) is 0 Å². The maximum absolute atomic E-state index is 15.2. The van der Waals surface area contributed by atoms with Gasteiger partial charge >= 0.3 is 0 Å². The molecule has 1 aromatic heterocycles. The monoisotopic (exact) mass is 465 g/mol. The molecule has 0 radical (unpaired) electrons. The Morgan fingerprint density at radius 2 is 2.03 bits per heavy atom. The van der Waals surface area contributed by atoms with Crippen molar-refractivity contribution >= 4 is 28.4 Å². The van der Waals surface area contributed by atoms with E-state index in [0.717, 1.165) is 0 Å². The number of benzene rings is 2. The number of aromatic nitrogens is 2. The van der Waals surface area contributed by atoms with E-state index in [1.165, 1.54) is 23.2 Å². The number of alkyl halides is 2. The molecule has 1 saturated heterocycles. The summed E-state index contributed by atoms with van der Waals surface area (Å²) in [5.74, 6) is -5.13. The fourth-order valence-electron chi connectivity index (χ4n) is 4.24. The molecule has 0 saturated carbocycles. The smallest absolute Gasteiger partial charge is 0.280 e. The molecule has 170 valence electrons. The number of aliphatic hydroxyl groups excluding tert-OH is 1. The lowest BCUT2D eigenvalue weighted by Gasteiger charge is -2.38. The van der Waals surface area contributed by atoms with Crippen LogP contribution in [0.2, 0.25) is 5.02 Å². The minimum absolute atomic E-state index is 0.00472. The van der Waals surface area contributed by atoms with Crippen molar-refractivity contribution in [1.82, 2.24) is 15.1 Å². The van der Waals surface area contributed by atoms with Crippen LogP contribution in [0.15, 0.2) is 36.5 Å². The van der Waals surface area contributed by atoms with Gasteiger partial charge in [-0.05, 0) is 49.1 Å². The fraction of sp³-hybridized carbons (Fsp3) is 0.391. The molecular formula is C23H23ClF3N3O2. The van der Waals surface area contributed by atoms with E-state index in [4.69, 9.17) is 11.6 Å². The third-order valence-electron chi connectivity index (χ3n) is 6.19. The van der Waals surface area contributed by atoms with E-state index in [1.54, 1.807) is 25.1 Å². The Balaban J connectivity index is 1.42. The number of hydrogen-bond acceptors (Lipinski definition) is 3. The summed E-state index contributed by atoms with van der Waals surface area (Å²) in [6.07, 6.45) is -0.497. The number of H-pyrrole nitrogens is 1. The van der Waals surface area contributed by atoms with Crippen molar-refractivity contribution < 1.29 is 23.1 Å². The summed E-state index contributed by atoms with van der Waals surface area (Å²) in [6, 6.07) is 7.53. The molecule has 1 fully saturated rings. The highest BCUT2D eigenvalue weighted by Crippen LogP contribution is 2.44. The number of rotatable bonds is 5. The number of fused-ring (bicyclic) bond motifs is 1. The van der Waals surface area contributed by atoms with Crippen LogP contribution in [0.3, 0.4) is 0 Å². The number of carbonyl (C=O) groups is 1. The average Bonchev–Trinajstić information content (AvgIpc) is 3.23. The lowest BCUT2D eigenvalue weighted by molar-refractivity contribution is -0.164. The van der Waals surface area contributed by atoms with Crippen molar-refractivity contribution in [2.24, 2.45) is 5.92 Å². The number of carbonyl (C=O) groups excluding carboxylic acids is 1. The molecule has 0 aliphatic carbocycles. The maximum atomic E-state index is 15.2. The third-order valence-corrected chi connectivity index (χ3v) is 6.41. The largest absolute Gasteiger partial charge is 0.382 e. The van der Waals surface area contributed by atoms with Gasteiger partial charge in [-0.3, -0.25) is 9.89 Å². The second-order valence-electron chi connectivity index (χ2n) is 8.32. The highest BCUT2D eigenvalue weighted by atomic mass is 35.5. The van der Waals surface area contributed by atoms with Crippen LogP contribution in [0.25, 0.3) is 10.9 Å². The quantitative estimate of drug-likeness (QED) is 0.568. The van der Waals surface area contributed by atoms with Gasteiger partial charge in [0.2, 0.25) is 5.91 Å². The van der Waals surface area contributed by atoms with Crippen LogP contribution in [0.1, 0.15) is 35.6 Å². The Kier molecular flexibility index (Phi) is 6.18. The molecule has 9 heteroatoms. The van der Waals surface area contributed by atoms with Gasteiger partial charge in [0, 0.05) is 35.0 Å². The van der Waals surface area contributed by atoms with Gasteiger partial charge in [0.15, 0.2) is 0 Å². The highest BCUT2D eigenvalue weighted by Gasteiger charge is 2.48. The summed E-state index contributed by atoms with van der Waals surface area (Å²) in [5, 5.41) is 17.8. The number of nitrogens with one attached hydrogen (secondary N) is 1. The molecule has 2 N–H and O–H groups in total. The van der Waals surface area contributed by atoms with E-state index in [9.17, 15) is 14.3 Å².